The molecular weight excluding hydrogens is 306 g/mol. The molecule has 1 aromatic carbocycles. The highest BCUT2D eigenvalue weighted by Gasteiger charge is 2.31. The van der Waals surface area contributed by atoms with Crippen molar-refractivity contribution in [3.05, 3.63) is 23.8 Å². The number of anilines is 1. The van der Waals surface area contributed by atoms with Crippen molar-refractivity contribution >= 4 is 11.7 Å². The standard InChI is InChI=1S/C18H27N3O3/c1-18(2)10-15(22)5-7-21(12-18)17(23)20-14-3-4-16-13(9-14)11-19-6-8-24-16/h3-4,9,15,19,22H,5-8,10-12H2,1-2H3,(H,20,23). The molecule has 1 fully saturated rings. The lowest BCUT2D eigenvalue weighted by Gasteiger charge is -2.29. The van der Waals surface area contributed by atoms with E-state index in [0.29, 0.717) is 26.1 Å². The Morgan fingerprint density at radius 3 is 3.12 bits per heavy atom. The van der Waals surface area contributed by atoms with Crippen molar-refractivity contribution < 1.29 is 14.6 Å². The van der Waals surface area contributed by atoms with Gasteiger partial charge in [-0.3, -0.25) is 0 Å². The summed E-state index contributed by atoms with van der Waals surface area (Å²) in [6.45, 7) is 7.62. The van der Waals surface area contributed by atoms with Gasteiger partial charge in [0, 0.05) is 37.4 Å². The van der Waals surface area contributed by atoms with Crippen LogP contribution in [0.15, 0.2) is 18.2 Å². The minimum absolute atomic E-state index is 0.0845. The molecule has 132 valence electrons. The fraction of sp³-hybridized carbons (Fsp3) is 0.611. The number of aliphatic hydroxyl groups is 1. The lowest BCUT2D eigenvalue weighted by molar-refractivity contribution is 0.122. The number of carbonyl (C=O) groups is 1. The molecule has 1 saturated heterocycles. The molecule has 1 unspecified atom stereocenters. The summed E-state index contributed by atoms with van der Waals surface area (Å²) < 4.78 is 5.67. The van der Waals surface area contributed by atoms with Crippen LogP contribution in [-0.2, 0) is 6.54 Å². The molecule has 1 aromatic rings. The molecule has 2 aliphatic rings. The molecule has 0 bridgehead atoms. The summed E-state index contributed by atoms with van der Waals surface area (Å²) in [5.41, 5.74) is 1.74. The highest BCUT2D eigenvalue weighted by molar-refractivity contribution is 5.89. The lowest BCUT2D eigenvalue weighted by atomic mass is 9.87. The van der Waals surface area contributed by atoms with Crippen LogP contribution in [-0.4, -0.2) is 48.4 Å². The molecule has 0 aromatic heterocycles. The Morgan fingerprint density at radius 2 is 2.29 bits per heavy atom. The topological polar surface area (TPSA) is 73.8 Å². The summed E-state index contributed by atoms with van der Waals surface area (Å²) in [4.78, 5) is 14.4. The van der Waals surface area contributed by atoms with Crippen molar-refractivity contribution in [3.63, 3.8) is 0 Å². The molecule has 2 aliphatic heterocycles. The number of amides is 2. The molecule has 0 radical (unpaired) electrons. The maximum Gasteiger partial charge on any atom is 0.321 e. The highest BCUT2D eigenvalue weighted by atomic mass is 16.5. The van der Waals surface area contributed by atoms with Crippen molar-refractivity contribution in [2.45, 2.75) is 39.3 Å². The second kappa shape index (κ2) is 6.99. The van der Waals surface area contributed by atoms with Gasteiger partial charge < -0.3 is 25.4 Å². The Kier molecular flexibility index (Phi) is 4.96. The fourth-order valence-corrected chi connectivity index (χ4v) is 3.47. The summed E-state index contributed by atoms with van der Waals surface area (Å²) in [6.07, 6.45) is 1.01. The normalized spacial score (nSPS) is 23.5. The van der Waals surface area contributed by atoms with Gasteiger partial charge in [0.05, 0.1) is 6.10 Å². The first kappa shape index (κ1) is 17.0. The molecule has 3 rings (SSSR count). The van der Waals surface area contributed by atoms with E-state index in [1.165, 1.54) is 0 Å². The predicted molar refractivity (Wildman–Crippen MR) is 93.3 cm³/mol. The number of benzene rings is 1. The van der Waals surface area contributed by atoms with E-state index in [1.807, 2.05) is 18.2 Å². The number of likely N-dealkylation sites (tertiary alicyclic amines) is 1. The second-order valence-electron chi connectivity index (χ2n) is 7.51. The summed E-state index contributed by atoms with van der Waals surface area (Å²) >= 11 is 0. The number of rotatable bonds is 1. The number of fused-ring (bicyclic) bond motifs is 1. The second-order valence-corrected chi connectivity index (χ2v) is 7.51. The van der Waals surface area contributed by atoms with Crippen molar-refractivity contribution in [3.8, 4) is 5.75 Å². The van der Waals surface area contributed by atoms with E-state index < -0.39 is 0 Å². The number of urea groups is 1. The zero-order valence-corrected chi connectivity index (χ0v) is 14.5. The predicted octanol–water partition coefficient (Wildman–Crippen LogP) is 2.18. The third-order valence-electron chi connectivity index (χ3n) is 4.59. The molecule has 3 N–H and O–H groups in total. The van der Waals surface area contributed by atoms with Crippen LogP contribution in [0.5, 0.6) is 5.75 Å². The van der Waals surface area contributed by atoms with Crippen LogP contribution < -0.4 is 15.4 Å². The largest absolute Gasteiger partial charge is 0.492 e. The lowest BCUT2D eigenvalue weighted by Crippen LogP contribution is -2.40. The van der Waals surface area contributed by atoms with Crippen LogP contribution >= 0.6 is 0 Å². The van der Waals surface area contributed by atoms with E-state index >= 15 is 0 Å². The number of carbonyl (C=O) groups excluding carboxylic acids is 1. The number of ether oxygens (including phenoxy) is 1. The van der Waals surface area contributed by atoms with Gasteiger partial charge in [0.2, 0.25) is 0 Å². The highest BCUT2D eigenvalue weighted by Crippen LogP contribution is 2.29. The van der Waals surface area contributed by atoms with Gasteiger partial charge in [-0.2, -0.15) is 0 Å². The van der Waals surface area contributed by atoms with Crippen molar-refractivity contribution in [2.24, 2.45) is 5.41 Å². The zero-order chi connectivity index (χ0) is 17.2. The van der Waals surface area contributed by atoms with E-state index in [0.717, 1.165) is 36.5 Å². The van der Waals surface area contributed by atoms with Crippen LogP contribution in [0.4, 0.5) is 10.5 Å². The first-order chi connectivity index (χ1) is 11.4. The molecule has 24 heavy (non-hydrogen) atoms. The Morgan fingerprint density at radius 1 is 1.46 bits per heavy atom. The molecule has 0 spiro atoms. The molecule has 6 nitrogen and oxygen atoms in total. The van der Waals surface area contributed by atoms with Crippen LogP contribution in [0.25, 0.3) is 0 Å². The SMILES string of the molecule is CC1(C)CC(O)CCN(C(=O)Nc2ccc3c(c2)CNCCO3)C1. The molecule has 1 atom stereocenters. The average molecular weight is 333 g/mol. The van der Waals surface area contributed by atoms with Crippen LogP contribution in [0, 0.1) is 5.41 Å². The molecule has 2 heterocycles. The molecule has 0 saturated carbocycles. The maximum atomic E-state index is 12.6. The van der Waals surface area contributed by atoms with Gasteiger partial charge in [-0.15, -0.1) is 0 Å². The minimum atomic E-state index is -0.339. The van der Waals surface area contributed by atoms with E-state index in [2.05, 4.69) is 24.5 Å². The molecule has 6 heteroatoms. The summed E-state index contributed by atoms with van der Waals surface area (Å²) in [5, 5.41) is 16.3. The van der Waals surface area contributed by atoms with E-state index in [1.54, 1.807) is 4.90 Å². The Bertz CT molecular complexity index is 603. The van der Waals surface area contributed by atoms with Gasteiger partial charge in [-0.1, -0.05) is 13.8 Å². The summed E-state index contributed by atoms with van der Waals surface area (Å²) in [7, 11) is 0. The number of hydrogen-bond acceptors (Lipinski definition) is 4. The van der Waals surface area contributed by atoms with E-state index in [9.17, 15) is 9.90 Å². The van der Waals surface area contributed by atoms with Gasteiger partial charge in [0.15, 0.2) is 0 Å². The third-order valence-corrected chi connectivity index (χ3v) is 4.59. The first-order valence-corrected chi connectivity index (χ1v) is 8.63. The van der Waals surface area contributed by atoms with Crippen LogP contribution in [0.1, 0.15) is 32.3 Å². The summed E-state index contributed by atoms with van der Waals surface area (Å²) in [6, 6.07) is 5.64. The minimum Gasteiger partial charge on any atom is -0.492 e. The Balaban J connectivity index is 1.69. The molecule has 0 aliphatic carbocycles. The number of hydrogen-bond donors (Lipinski definition) is 3. The fourth-order valence-electron chi connectivity index (χ4n) is 3.47. The Labute approximate surface area is 143 Å². The molecular formula is C18H27N3O3. The quantitative estimate of drug-likeness (QED) is 0.736. The summed E-state index contributed by atoms with van der Waals surface area (Å²) in [5.74, 6) is 0.872. The van der Waals surface area contributed by atoms with Gasteiger partial charge >= 0.3 is 6.03 Å². The number of nitrogens with zero attached hydrogens (tertiary/aromatic N) is 1. The monoisotopic (exact) mass is 333 g/mol. The Hall–Kier alpha value is -1.79. The van der Waals surface area contributed by atoms with E-state index in [-0.39, 0.29) is 17.6 Å². The number of aliphatic hydroxyl groups excluding tert-OH is 1. The van der Waals surface area contributed by atoms with Crippen molar-refractivity contribution in [1.29, 1.82) is 0 Å². The molecule has 2 amide bonds. The average Bonchev–Trinajstić information content (AvgIpc) is 2.82. The zero-order valence-electron chi connectivity index (χ0n) is 14.5. The van der Waals surface area contributed by atoms with Crippen LogP contribution in [0.3, 0.4) is 0 Å². The van der Waals surface area contributed by atoms with Gasteiger partial charge in [-0.25, -0.2) is 4.79 Å². The number of nitrogens with one attached hydrogen (secondary N) is 2. The van der Waals surface area contributed by atoms with Gasteiger partial charge in [0.25, 0.3) is 0 Å². The van der Waals surface area contributed by atoms with Crippen LogP contribution in [0.2, 0.25) is 0 Å². The van der Waals surface area contributed by atoms with Gasteiger partial charge in [0.1, 0.15) is 12.4 Å². The third kappa shape index (κ3) is 4.19. The first-order valence-electron chi connectivity index (χ1n) is 8.63. The van der Waals surface area contributed by atoms with E-state index in [4.69, 9.17) is 4.74 Å². The van der Waals surface area contributed by atoms with Crippen molar-refractivity contribution in [1.82, 2.24) is 10.2 Å². The maximum absolute atomic E-state index is 12.6. The van der Waals surface area contributed by atoms with Crippen molar-refractivity contribution in [2.75, 3.05) is 31.6 Å². The van der Waals surface area contributed by atoms with Gasteiger partial charge in [-0.05, 0) is 36.5 Å². The smallest absolute Gasteiger partial charge is 0.321 e.